The van der Waals surface area contributed by atoms with Crippen LogP contribution in [0.4, 0.5) is 0 Å². The van der Waals surface area contributed by atoms with E-state index < -0.39 is 17.8 Å². The van der Waals surface area contributed by atoms with E-state index in [1.165, 1.54) is 0 Å². The molecular weight excluding hydrogens is 274 g/mol. The molecule has 1 aliphatic rings. The van der Waals surface area contributed by atoms with E-state index in [0.29, 0.717) is 6.54 Å². The summed E-state index contributed by atoms with van der Waals surface area (Å²) in [5, 5.41) is 11.6. The Hall–Kier alpha value is -1.36. The lowest BCUT2D eigenvalue weighted by Gasteiger charge is -2.13. The van der Waals surface area contributed by atoms with E-state index >= 15 is 0 Å². The van der Waals surface area contributed by atoms with Crippen molar-refractivity contribution in [1.29, 1.82) is 0 Å². The van der Waals surface area contributed by atoms with Gasteiger partial charge in [-0.25, -0.2) is 0 Å². The Morgan fingerprint density at radius 2 is 2.00 bits per heavy atom. The van der Waals surface area contributed by atoms with Crippen LogP contribution >= 0.6 is 15.9 Å². The van der Waals surface area contributed by atoms with Crippen molar-refractivity contribution in [3.8, 4) is 0 Å². The highest BCUT2D eigenvalue weighted by atomic mass is 79.9. The van der Waals surface area contributed by atoms with Gasteiger partial charge in [-0.3, -0.25) is 9.59 Å². The smallest absolute Gasteiger partial charge is 0.316 e. The maximum atomic E-state index is 11.4. The quantitative estimate of drug-likeness (QED) is 0.806. The number of halogens is 1. The molecule has 0 saturated carbocycles. The van der Waals surface area contributed by atoms with E-state index in [1.807, 2.05) is 24.3 Å². The molecule has 0 aromatic heterocycles. The van der Waals surface area contributed by atoms with Crippen LogP contribution in [-0.4, -0.2) is 23.5 Å². The van der Waals surface area contributed by atoms with Gasteiger partial charge in [0, 0.05) is 16.9 Å². The van der Waals surface area contributed by atoms with Crippen LogP contribution in [0, 0.1) is 5.92 Å². The molecule has 1 aliphatic heterocycles. The third-order valence-corrected chi connectivity index (χ3v) is 3.27. The second-order valence-corrected chi connectivity index (χ2v) is 4.63. The van der Waals surface area contributed by atoms with Gasteiger partial charge in [-0.05, 0) is 17.7 Å². The fraction of sp³-hybridized carbons (Fsp3) is 0.273. The highest BCUT2D eigenvalue weighted by molar-refractivity contribution is 9.10. The normalized spacial score (nSPS) is 24.2. The van der Waals surface area contributed by atoms with Gasteiger partial charge in [-0.2, -0.15) is 0 Å². The summed E-state index contributed by atoms with van der Waals surface area (Å²) in [5.41, 5.74) is 0.869. The molecule has 4 nitrogen and oxygen atoms in total. The van der Waals surface area contributed by atoms with Crippen LogP contribution in [-0.2, 0) is 9.59 Å². The summed E-state index contributed by atoms with van der Waals surface area (Å²) < 4.78 is 0.931. The monoisotopic (exact) mass is 283 g/mol. The molecule has 1 fully saturated rings. The molecule has 5 heteroatoms. The fourth-order valence-electron chi connectivity index (χ4n) is 1.93. The first-order valence-corrected chi connectivity index (χ1v) is 5.65. The van der Waals surface area contributed by atoms with Gasteiger partial charge in [0.05, 0.1) is 0 Å². The second kappa shape index (κ2) is 4.25. The molecule has 0 aliphatic carbocycles. The number of benzene rings is 1. The van der Waals surface area contributed by atoms with Crippen LogP contribution in [0.5, 0.6) is 0 Å². The number of carbonyl (C=O) groups excluding carboxylic acids is 1. The minimum atomic E-state index is -1.07. The van der Waals surface area contributed by atoms with Crippen LogP contribution < -0.4 is 5.32 Å². The maximum Gasteiger partial charge on any atom is 0.316 e. The van der Waals surface area contributed by atoms with E-state index in [1.54, 1.807) is 0 Å². The number of carboxylic acid groups (broad SMARTS) is 1. The average molecular weight is 284 g/mol. The van der Waals surface area contributed by atoms with Crippen molar-refractivity contribution in [3.63, 3.8) is 0 Å². The van der Waals surface area contributed by atoms with Crippen molar-refractivity contribution < 1.29 is 14.7 Å². The van der Waals surface area contributed by atoms with Crippen molar-refractivity contribution in [2.45, 2.75) is 5.92 Å². The van der Waals surface area contributed by atoms with Gasteiger partial charge < -0.3 is 10.4 Å². The SMILES string of the molecule is O=C(O)[C@@H]1C(=O)NC[C@H]1c1ccc(Br)cc1. The molecule has 0 radical (unpaired) electrons. The Bertz CT molecular complexity index is 429. The third kappa shape index (κ3) is 1.95. The Kier molecular flexibility index (Phi) is 2.96. The summed E-state index contributed by atoms with van der Waals surface area (Å²) in [7, 11) is 0. The summed E-state index contributed by atoms with van der Waals surface area (Å²) >= 11 is 3.31. The van der Waals surface area contributed by atoms with Crippen LogP contribution in [0.3, 0.4) is 0 Å². The molecule has 16 heavy (non-hydrogen) atoms. The molecular formula is C11H10BrNO3. The number of aliphatic carboxylic acids is 1. The third-order valence-electron chi connectivity index (χ3n) is 2.75. The summed E-state index contributed by atoms with van der Waals surface area (Å²) in [5.74, 6) is -2.72. The van der Waals surface area contributed by atoms with Gasteiger partial charge in [-0.1, -0.05) is 28.1 Å². The molecule has 1 amide bonds. The topological polar surface area (TPSA) is 66.4 Å². The van der Waals surface area contributed by atoms with Crippen molar-refractivity contribution in [3.05, 3.63) is 34.3 Å². The number of carbonyl (C=O) groups is 2. The molecule has 84 valence electrons. The molecule has 2 N–H and O–H groups in total. The van der Waals surface area contributed by atoms with Crippen LogP contribution in [0.2, 0.25) is 0 Å². The molecule has 1 aromatic rings. The molecule has 1 aromatic carbocycles. The second-order valence-electron chi connectivity index (χ2n) is 3.72. The number of hydrogen-bond donors (Lipinski definition) is 2. The first kappa shape index (κ1) is 11.1. The predicted octanol–water partition coefficient (Wildman–Crippen LogP) is 1.36. The zero-order chi connectivity index (χ0) is 11.7. The Morgan fingerprint density at radius 3 is 2.56 bits per heavy atom. The van der Waals surface area contributed by atoms with E-state index in [2.05, 4.69) is 21.2 Å². The zero-order valence-electron chi connectivity index (χ0n) is 8.31. The largest absolute Gasteiger partial charge is 0.481 e. The van der Waals surface area contributed by atoms with Gasteiger partial charge in [0.25, 0.3) is 0 Å². The van der Waals surface area contributed by atoms with Gasteiger partial charge in [0.1, 0.15) is 5.92 Å². The first-order chi connectivity index (χ1) is 7.59. The van der Waals surface area contributed by atoms with Gasteiger partial charge >= 0.3 is 5.97 Å². The molecule has 2 atom stereocenters. The van der Waals surface area contributed by atoms with Gasteiger partial charge in [-0.15, -0.1) is 0 Å². The number of amides is 1. The molecule has 2 rings (SSSR count). The van der Waals surface area contributed by atoms with Gasteiger partial charge in [0.15, 0.2) is 0 Å². The fourth-order valence-corrected chi connectivity index (χ4v) is 2.19. The minimum Gasteiger partial charge on any atom is -0.481 e. The van der Waals surface area contributed by atoms with E-state index in [9.17, 15) is 9.59 Å². The molecule has 0 spiro atoms. The van der Waals surface area contributed by atoms with Crippen molar-refractivity contribution in [2.24, 2.45) is 5.92 Å². The Labute approximate surface area is 101 Å². The standard InChI is InChI=1S/C11H10BrNO3/c12-7-3-1-6(2-4-7)8-5-13-10(14)9(8)11(15)16/h1-4,8-9H,5H2,(H,13,14)(H,15,16)/t8-,9-/m0/s1. The highest BCUT2D eigenvalue weighted by Crippen LogP contribution is 2.29. The Morgan fingerprint density at radius 1 is 1.38 bits per heavy atom. The van der Waals surface area contributed by atoms with Crippen molar-refractivity contribution >= 4 is 27.8 Å². The highest BCUT2D eigenvalue weighted by Gasteiger charge is 2.40. The Balaban J connectivity index is 2.30. The molecule has 1 heterocycles. The maximum absolute atomic E-state index is 11.4. The van der Waals surface area contributed by atoms with E-state index in [0.717, 1.165) is 10.0 Å². The van der Waals surface area contributed by atoms with Crippen LogP contribution in [0.15, 0.2) is 28.7 Å². The van der Waals surface area contributed by atoms with E-state index in [4.69, 9.17) is 5.11 Å². The number of nitrogens with one attached hydrogen (secondary N) is 1. The van der Waals surface area contributed by atoms with E-state index in [-0.39, 0.29) is 5.92 Å². The van der Waals surface area contributed by atoms with Crippen molar-refractivity contribution in [2.75, 3.05) is 6.54 Å². The molecule has 0 unspecified atom stereocenters. The van der Waals surface area contributed by atoms with Gasteiger partial charge in [0.2, 0.25) is 5.91 Å². The summed E-state index contributed by atoms with van der Waals surface area (Å²) in [6, 6.07) is 7.37. The predicted molar refractivity (Wildman–Crippen MR) is 61.0 cm³/mol. The van der Waals surface area contributed by atoms with Crippen LogP contribution in [0.1, 0.15) is 11.5 Å². The number of rotatable bonds is 2. The van der Waals surface area contributed by atoms with Crippen LogP contribution in [0.25, 0.3) is 0 Å². The zero-order valence-corrected chi connectivity index (χ0v) is 9.90. The lowest BCUT2D eigenvalue weighted by atomic mass is 9.89. The number of hydrogen-bond acceptors (Lipinski definition) is 2. The minimum absolute atomic E-state index is 0.280. The summed E-state index contributed by atoms with van der Waals surface area (Å²) in [6.45, 7) is 0.386. The lowest BCUT2D eigenvalue weighted by Crippen LogP contribution is -2.26. The lowest BCUT2D eigenvalue weighted by molar-refractivity contribution is -0.145. The first-order valence-electron chi connectivity index (χ1n) is 4.85. The molecule has 1 saturated heterocycles. The molecule has 0 bridgehead atoms. The average Bonchev–Trinajstić information content (AvgIpc) is 2.61. The number of carboxylic acids is 1. The van der Waals surface area contributed by atoms with Crippen molar-refractivity contribution in [1.82, 2.24) is 5.32 Å². The summed E-state index contributed by atoms with van der Waals surface area (Å²) in [6.07, 6.45) is 0. The summed E-state index contributed by atoms with van der Waals surface area (Å²) in [4.78, 5) is 22.4.